The normalized spacial score (nSPS) is 10.9. The van der Waals surface area contributed by atoms with Crippen molar-refractivity contribution < 1.29 is 18.9 Å². The van der Waals surface area contributed by atoms with Crippen LogP contribution in [-0.2, 0) is 0 Å². The summed E-state index contributed by atoms with van der Waals surface area (Å²) in [4.78, 5) is 0. The maximum atomic E-state index is 5.43. The summed E-state index contributed by atoms with van der Waals surface area (Å²) in [5, 5.41) is 11.5. The van der Waals surface area contributed by atoms with Crippen LogP contribution in [0.5, 0.6) is 23.0 Å². The second kappa shape index (κ2) is 8.57. The lowest BCUT2D eigenvalue weighted by Crippen LogP contribution is -1.99. The molecule has 3 rings (SSSR count). The van der Waals surface area contributed by atoms with Gasteiger partial charge in [0.2, 0.25) is 4.77 Å². The first kappa shape index (κ1) is 19.4. The van der Waals surface area contributed by atoms with Crippen molar-refractivity contribution in [3.05, 3.63) is 46.7 Å². The molecule has 3 aromatic rings. The summed E-state index contributed by atoms with van der Waals surface area (Å²) in [6, 6.07) is 11.0. The zero-order valence-electron chi connectivity index (χ0n) is 15.9. The molecule has 1 N–H and O–H groups in total. The van der Waals surface area contributed by atoms with E-state index in [-0.39, 0.29) is 0 Å². The van der Waals surface area contributed by atoms with Crippen LogP contribution in [0, 0.1) is 4.77 Å². The molecule has 0 atom stereocenters. The highest BCUT2D eigenvalue weighted by Crippen LogP contribution is 2.34. The lowest BCUT2D eigenvalue weighted by atomic mass is 10.2. The van der Waals surface area contributed by atoms with Crippen molar-refractivity contribution in [1.29, 1.82) is 0 Å². The minimum absolute atomic E-state index is 0.355. The molecule has 1 heterocycles. The van der Waals surface area contributed by atoms with Crippen LogP contribution in [0.15, 0.2) is 41.5 Å². The van der Waals surface area contributed by atoms with E-state index in [2.05, 4.69) is 15.3 Å². The number of hydrogen-bond acceptors (Lipinski definition) is 7. The van der Waals surface area contributed by atoms with Crippen molar-refractivity contribution in [2.45, 2.75) is 0 Å². The van der Waals surface area contributed by atoms with Crippen LogP contribution < -0.4 is 18.9 Å². The number of nitrogens with zero attached hydrogens (tertiary/aromatic N) is 3. The van der Waals surface area contributed by atoms with Gasteiger partial charge in [-0.1, -0.05) is 12.1 Å². The highest BCUT2D eigenvalue weighted by molar-refractivity contribution is 7.71. The van der Waals surface area contributed by atoms with Crippen LogP contribution in [0.3, 0.4) is 0 Å². The van der Waals surface area contributed by atoms with E-state index in [9.17, 15) is 0 Å². The third kappa shape index (κ3) is 3.84. The molecule has 0 aliphatic heterocycles. The van der Waals surface area contributed by atoms with E-state index in [1.165, 1.54) is 4.68 Å². The molecule has 28 heavy (non-hydrogen) atoms. The van der Waals surface area contributed by atoms with E-state index in [0.29, 0.717) is 39.2 Å². The number of aromatic amines is 1. The lowest BCUT2D eigenvalue weighted by molar-refractivity contribution is 0.349. The number of benzene rings is 2. The second-order valence-corrected chi connectivity index (χ2v) is 5.98. The molecule has 0 saturated heterocycles. The van der Waals surface area contributed by atoms with Gasteiger partial charge in [-0.15, -0.1) is 0 Å². The molecule has 0 amide bonds. The Morgan fingerprint density at radius 1 is 0.964 bits per heavy atom. The zero-order chi connectivity index (χ0) is 20.1. The smallest absolute Gasteiger partial charge is 0.216 e. The Bertz CT molecular complexity index is 1060. The summed E-state index contributed by atoms with van der Waals surface area (Å²) in [5.41, 5.74) is 1.50. The first-order chi connectivity index (χ1) is 13.6. The summed E-state index contributed by atoms with van der Waals surface area (Å²) in [7, 11) is 6.32. The third-order valence-electron chi connectivity index (χ3n) is 4.03. The molecule has 146 valence electrons. The predicted molar refractivity (Wildman–Crippen MR) is 108 cm³/mol. The summed E-state index contributed by atoms with van der Waals surface area (Å²) in [6.45, 7) is 0. The van der Waals surface area contributed by atoms with E-state index < -0.39 is 0 Å². The number of aromatic nitrogens is 3. The molecule has 1 aromatic heterocycles. The standard InChI is InChI=1S/C19H20N4O4S/c1-24-14-7-5-6-12(8-14)18-21-22-19(28)23(18)20-11-13-9-16(26-3)17(27-4)10-15(13)25-2/h5-11H,1-4H3,(H,22,28). The van der Waals surface area contributed by atoms with Gasteiger partial charge in [0.15, 0.2) is 17.3 Å². The van der Waals surface area contributed by atoms with Gasteiger partial charge in [0.05, 0.1) is 34.7 Å². The van der Waals surface area contributed by atoms with E-state index >= 15 is 0 Å². The minimum atomic E-state index is 0.355. The van der Waals surface area contributed by atoms with Crippen molar-refractivity contribution in [1.82, 2.24) is 14.9 Å². The van der Waals surface area contributed by atoms with Gasteiger partial charge >= 0.3 is 0 Å². The Morgan fingerprint density at radius 3 is 2.36 bits per heavy atom. The molecule has 8 nitrogen and oxygen atoms in total. The minimum Gasteiger partial charge on any atom is -0.497 e. The Kier molecular flexibility index (Phi) is 5.95. The SMILES string of the molecule is COc1cccc(-c2n[nH]c(=S)n2N=Cc2cc(OC)c(OC)cc2OC)c1. The zero-order valence-corrected chi connectivity index (χ0v) is 16.7. The second-order valence-electron chi connectivity index (χ2n) is 5.59. The maximum Gasteiger partial charge on any atom is 0.216 e. The van der Waals surface area contributed by atoms with Crippen LogP contribution in [-0.4, -0.2) is 49.5 Å². The maximum absolute atomic E-state index is 5.43. The van der Waals surface area contributed by atoms with E-state index in [4.69, 9.17) is 31.2 Å². The van der Waals surface area contributed by atoms with Crippen LogP contribution in [0.1, 0.15) is 5.56 Å². The van der Waals surface area contributed by atoms with Crippen molar-refractivity contribution in [2.24, 2.45) is 5.10 Å². The Balaban J connectivity index is 2.04. The molecule has 0 saturated carbocycles. The molecule has 0 radical (unpaired) electrons. The van der Waals surface area contributed by atoms with Crippen LogP contribution >= 0.6 is 12.2 Å². The van der Waals surface area contributed by atoms with Crippen LogP contribution in [0.2, 0.25) is 0 Å². The molecule has 0 unspecified atom stereocenters. The van der Waals surface area contributed by atoms with Crippen molar-refractivity contribution in [2.75, 3.05) is 28.4 Å². The van der Waals surface area contributed by atoms with E-state index in [0.717, 1.165) is 5.56 Å². The number of rotatable bonds is 7. The quantitative estimate of drug-likeness (QED) is 0.483. The van der Waals surface area contributed by atoms with Crippen molar-refractivity contribution in [3.63, 3.8) is 0 Å². The molecule has 9 heteroatoms. The van der Waals surface area contributed by atoms with Gasteiger partial charge in [0.25, 0.3) is 0 Å². The monoisotopic (exact) mass is 400 g/mol. The first-order valence-electron chi connectivity index (χ1n) is 8.27. The Labute approximate surface area is 167 Å². The number of methoxy groups -OCH3 is 4. The van der Waals surface area contributed by atoms with Crippen LogP contribution in [0.25, 0.3) is 11.4 Å². The van der Waals surface area contributed by atoms with Gasteiger partial charge in [0.1, 0.15) is 11.5 Å². The largest absolute Gasteiger partial charge is 0.497 e. The molecule has 0 aliphatic rings. The first-order valence-corrected chi connectivity index (χ1v) is 8.68. The highest BCUT2D eigenvalue weighted by Gasteiger charge is 2.12. The van der Waals surface area contributed by atoms with Gasteiger partial charge in [-0.05, 0) is 30.4 Å². The fourth-order valence-electron chi connectivity index (χ4n) is 2.62. The van der Waals surface area contributed by atoms with Crippen LogP contribution in [0.4, 0.5) is 0 Å². The molecule has 0 bridgehead atoms. The van der Waals surface area contributed by atoms with Gasteiger partial charge in [0, 0.05) is 17.2 Å². The van der Waals surface area contributed by atoms with E-state index in [1.807, 2.05) is 24.3 Å². The molecular weight excluding hydrogens is 380 g/mol. The summed E-state index contributed by atoms with van der Waals surface area (Å²) >= 11 is 5.32. The molecular formula is C19H20N4O4S. The lowest BCUT2D eigenvalue weighted by Gasteiger charge is -2.11. The fourth-order valence-corrected chi connectivity index (χ4v) is 2.80. The molecule has 0 aliphatic carbocycles. The van der Waals surface area contributed by atoms with Gasteiger partial charge in [-0.25, -0.2) is 5.10 Å². The van der Waals surface area contributed by atoms with E-state index in [1.54, 1.807) is 46.8 Å². The predicted octanol–water partition coefficient (Wildman–Crippen LogP) is 3.52. The average Bonchev–Trinajstić information content (AvgIpc) is 3.11. The fraction of sp³-hybridized carbons (Fsp3) is 0.211. The summed E-state index contributed by atoms with van der Waals surface area (Å²) in [5.74, 6) is 2.98. The summed E-state index contributed by atoms with van der Waals surface area (Å²) in [6.07, 6.45) is 1.62. The number of ether oxygens (including phenoxy) is 4. The average molecular weight is 400 g/mol. The number of nitrogens with one attached hydrogen (secondary N) is 1. The number of hydrogen-bond donors (Lipinski definition) is 1. The van der Waals surface area contributed by atoms with Gasteiger partial charge < -0.3 is 18.9 Å². The van der Waals surface area contributed by atoms with Gasteiger partial charge in [-0.3, -0.25) is 0 Å². The molecule has 0 fully saturated rings. The molecule has 2 aromatic carbocycles. The third-order valence-corrected chi connectivity index (χ3v) is 4.29. The topological polar surface area (TPSA) is 82.9 Å². The molecule has 0 spiro atoms. The highest BCUT2D eigenvalue weighted by atomic mass is 32.1. The van der Waals surface area contributed by atoms with Crippen molar-refractivity contribution in [3.8, 4) is 34.4 Å². The summed E-state index contributed by atoms with van der Waals surface area (Å²) < 4.78 is 23.2. The van der Waals surface area contributed by atoms with Crippen molar-refractivity contribution >= 4 is 18.4 Å². The Morgan fingerprint density at radius 2 is 1.68 bits per heavy atom. The Hall–Kier alpha value is -3.33. The van der Waals surface area contributed by atoms with Gasteiger partial charge in [-0.2, -0.15) is 14.9 Å². The number of H-pyrrole nitrogens is 1.